The van der Waals surface area contributed by atoms with Gasteiger partial charge in [-0.05, 0) is 44.1 Å². The number of anilines is 2. The van der Waals surface area contributed by atoms with Crippen LogP contribution >= 0.6 is 0 Å². The Morgan fingerprint density at radius 3 is 2.55 bits per heavy atom. The van der Waals surface area contributed by atoms with Gasteiger partial charge in [-0.3, -0.25) is 0 Å². The summed E-state index contributed by atoms with van der Waals surface area (Å²) in [5.41, 5.74) is 1.95. The maximum absolute atomic E-state index is 11.9. The maximum Gasteiger partial charge on any atom is 0.407 e. The molecule has 1 heterocycles. The number of benzene rings is 1. The molecule has 0 atom stereocenters. The van der Waals surface area contributed by atoms with Gasteiger partial charge in [-0.2, -0.15) is 4.98 Å². The van der Waals surface area contributed by atoms with Crippen LogP contribution in [0, 0.1) is 12.8 Å². The Balaban J connectivity index is 1.38. The monoisotopic (exact) mass is 397 g/mol. The van der Waals surface area contributed by atoms with Gasteiger partial charge in [0.25, 0.3) is 0 Å². The number of alkyl carbamates (subject to hydrolysis) is 1. The van der Waals surface area contributed by atoms with Gasteiger partial charge >= 0.3 is 6.09 Å². The summed E-state index contributed by atoms with van der Waals surface area (Å²) in [6, 6.07) is 12.1. The molecule has 156 valence electrons. The van der Waals surface area contributed by atoms with E-state index in [0.29, 0.717) is 31.1 Å². The first-order chi connectivity index (χ1) is 14.0. The SMILES string of the molecule is Cc1cc(N(C)C)nc(NC2CCC(CNC(=O)OCc3ccccc3)CC2)n1. The van der Waals surface area contributed by atoms with E-state index >= 15 is 0 Å². The van der Waals surface area contributed by atoms with Crippen LogP contribution in [-0.2, 0) is 11.3 Å². The molecule has 1 aromatic heterocycles. The first-order valence-corrected chi connectivity index (χ1v) is 10.2. The Hall–Kier alpha value is -2.83. The van der Waals surface area contributed by atoms with Crippen molar-refractivity contribution < 1.29 is 9.53 Å². The summed E-state index contributed by atoms with van der Waals surface area (Å²) in [5, 5.41) is 6.38. The van der Waals surface area contributed by atoms with Crippen molar-refractivity contribution in [2.75, 3.05) is 30.9 Å². The minimum atomic E-state index is -0.349. The molecular formula is C22H31N5O2. The van der Waals surface area contributed by atoms with Crippen LogP contribution in [0.2, 0.25) is 0 Å². The van der Waals surface area contributed by atoms with Gasteiger partial charge < -0.3 is 20.3 Å². The lowest BCUT2D eigenvalue weighted by Gasteiger charge is -2.29. The molecule has 29 heavy (non-hydrogen) atoms. The average Bonchev–Trinajstić information content (AvgIpc) is 2.72. The largest absolute Gasteiger partial charge is 0.445 e. The third-order valence-corrected chi connectivity index (χ3v) is 5.23. The lowest BCUT2D eigenvalue weighted by atomic mass is 9.86. The molecule has 0 bridgehead atoms. The highest BCUT2D eigenvalue weighted by Gasteiger charge is 2.22. The second-order valence-corrected chi connectivity index (χ2v) is 7.89. The van der Waals surface area contributed by atoms with Crippen LogP contribution in [0.5, 0.6) is 0 Å². The molecule has 0 aliphatic heterocycles. The summed E-state index contributed by atoms with van der Waals surface area (Å²) >= 11 is 0. The van der Waals surface area contributed by atoms with E-state index in [0.717, 1.165) is 42.8 Å². The molecule has 0 saturated heterocycles. The van der Waals surface area contributed by atoms with Crippen LogP contribution in [-0.4, -0.2) is 42.7 Å². The summed E-state index contributed by atoms with van der Waals surface area (Å²) in [6.07, 6.45) is 3.85. The van der Waals surface area contributed by atoms with Crippen molar-refractivity contribution in [3.63, 3.8) is 0 Å². The quantitative estimate of drug-likeness (QED) is 0.741. The van der Waals surface area contributed by atoms with E-state index < -0.39 is 0 Å². The van der Waals surface area contributed by atoms with Crippen LogP contribution in [0.3, 0.4) is 0 Å². The number of rotatable bonds is 7. The maximum atomic E-state index is 11.9. The van der Waals surface area contributed by atoms with E-state index in [4.69, 9.17) is 4.74 Å². The van der Waals surface area contributed by atoms with Crippen molar-refractivity contribution in [1.82, 2.24) is 15.3 Å². The molecule has 1 aliphatic carbocycles. The van der Waals surface area contributed by atoms with Crippen molar-refractivity contribution in [2.24, 2.45) is 5.92 Å². The fraction of sp³-hybridized carbons (Fsp3) is 0.500. The van der Waals surface area contributed by atoms with Crippen molar-refractivity contribution in [3.05, 3.63) is 47.7 Å². The molecule has 7 nitrogen and oxygen atoms in total. The molecule has 1 saturated carbocycles. The predicted molar refractivity (Wildman–Crippen MR) is 115 cm³/mol. The molecule has 1 aliphatic rings. The number of aryl methyl sites for hydroxylation is 1. The summed E-state index contributed by atoms with van der Waals surface area (Å²) in [6.45, 7) is 2.94. The van der Waals surface area contributed by atoms with Gasteiger partial charge in [0.1, 0.15) is 12.4 Å². The number of hydrogen-bond donors (Lipinski definition) is 2. The second-order valence-electron chi connectivity index (χ2n) is 7.89. The van der Waals surface area contributed by atoms with Crippen molar-refractivity contribution >= 4 is 17.9 Å². The number of nitrogens with zero attached hydrogens (tertiary/aromatic N) is 3. The topological polar surface area (TPSA) is 79.4 Å². The molecule has 2 aromatic rings. The van der Waals surface area contributed by atoms with Crippen LogP contribution in [0.4, 0.5) is 16.6 Å². The highest BCUT2D eigenvalue weighted by Crippen LogP contribution is 2.26. The lowest BCUT2D eigenvalue weighted by Crippen LogP contribution is -2.34. The van der Waals surface area contributed by atoms with E-state index in [2.05, 4.69) is 20.6 Å². The van der Waals surface area contributed by atoms with Gasteiger partial charge in [0.2, 0.25) is 5.95 Å². The smallest absolute Gasteiger partial charge is 0.407 e. The summed E-state index contributed by atoms with van der Waals surface area (Å²) in [5.74, 6) is 2.08. The van der Waals surface area contributed by atoms with Gasteiger partial charge in [0.15, 0.2) is 0 Å². The normalized spacial score (nSPS) is 18.7. The van der Waals surface area contributed by atoms with E-state index in [1.54, 1.807) is 0 Å². The van der Waals surface area contributed by atoms with Crippen LogP contribution in [0.25, 0.3) is 0 Å². The van der Waals surface area contributed by atoms with E-state index in [1.807, 2.05) is 62.3 Å². The highest BCUT2D eigenvalue weighted by molar-refractivity contribution is 5.67. The number of carbonyl (C=O) groups excluding carboxylic acids is 1. The number of aromatic nitrogens is 2. The van der Waals surface area contributed by atoms with Gasteiger partial charge in [-0.1, -0.05) is 30.3 Å². The van der Waals surface area contributed by atoms with Crippen molar-refractivity contribution in [3.8, 4) is 0 Å². The molecule has 2 N–H and O–H groups in total. The molecule has 1 fully saturated rings. The Labute approximate surface area is 172 Å². The Kier molecular flexibility index (Phi) is 7.27. The first-order valence-electron chi connectivity index (χ1n) is 10.2. The fourth-order valence-electron chi connectivity index (χ4n) is 3.54. The number of amides is 1. The van der Waals surface area contributed by atoms with Crippen molar-refractivity contribution in [1.29, 1.82) is 0 Å². The number of hydrogen-bond acceptors (Lipinski definition) is 6. The molecule has 1 aromatic carbocycles. The molecule has 1 amide bonds. The lowest BCUT2D eigenvalue weighted by molar-refractivity contribution is 0.136. The summed E-state index contributed by atoms with van der Waals surface area (Å²) in [7, 11) is 3.96. The molecule has 0 radical (unpaired) electrons. The standard InChI is InChI=1S/C22H31N5O2/c1-16-13-20(27(2)3)26-21(24-16)25-19-11-9-17(10-12-19)14-23-22(28)29-15-18-7-5-4-6-8-18/h4-8,13,17,19H,9-12,14-15H2,1-3H3,(H,23,28)(H,24,25,26). The minimum Gasteiger partial charge on any atom is -0.445 e. The van der Waals surface area contributed by atoms with Crippen LogP contribution < -0.4 is 15.5 Å². The number of nitrogens with one attached hydrogen (secondary N) is 2. The Bertz CT molecular complexity index is 789. The van der Waals surface area contributed by atoms with Gasteiger partial charge in [0.05, 0.1) is 0 Å². The van der Waals surface area contributed by atoms with Gasteiger partial charge in [-0.25, -0.2) is 9.78 Å². The Morgan fingerprint density at radius 1 is 1.14 bits per heavy atom. The van der Waals surface area contributed by atoms with Crippen LogP contribution in [0.15, 0.2) is 36.4 Å². The zero-order valence-corrected chi connectivity index (χ0v) is 17.5. The van der Waals surface area contributed by atoms with E-state index in [-0.39, 0.29) is 6.09 Å². The van der Waals surface area contributed by atoms with E-state index in [9.17, 15) is 4.79 Å². The zero-order valence-electron chi connectivity index (χ0n) is 17.5. The predicted octanol–water partition coefficient (Wildman–Crippen LogP) is 3.75. The fourth-order valence-corrected chi connectivity index (χ4v) is 3.54. The summed E-state index contributed by atoms with van der Waals surface area (Å²) in [4.78, 5) is 23.0. The first kappa shape index (κ1) is 20.9. The average molecular weight is 398 g/mol. The minimum absolute atomic E-state index is 0.300. The molecular weight excluding hydrogens is 366 g/mol. The molecule has 0 spiro atoms. The second kappa shape index (κ2) is 10.1. The molecule has 3 rings (SSSR count). The zero-order chi connectivity index (χ0) is 20.6. The number of carbonyl (C=O) groups is 1. The number of ether oxygens (including phenoxy) is 1. The summed E-state index contributed by atoms with van der Waals surface area (Å²) < 4.78 is 5.28. The van der Waals surface area contributed by atoms with Crippen LogP contribution in [0.1, 0.15) is 36.9 Å². The molecule has 7 heteroatoms. The van der Waals surface area contributed by atoms with Crippen molar-refractivity contribution in [2.45, 2.75) is 45.3 Å². The highest BCUT2D eigenvalue weighted by atomic mass is 16.5. The molecule has 0 unspecified atom stereocenters. The van der Waals surface area contributed by atoms with Gasteiger partial charge in [0, 0.05) is 38.4 Å². The van der Waals surface area contributed by atoms with E-state index in [1.165, 1.54) is 0 Å². The van der Waals surface area contributed by atoms with Gasteiger partial charge in [-0.15, -0.1) is 0 Å². The third-order valence-electron chi connectivity index (χ3n) is 5.23. The Morgan fingerprint density at radius 2 is 1.86 bits per heavy atom. The third kappa shape index (κ3) is 6.62.